The van der Waals surface area contributed by atoms with Crippen LogP contribution in [0.25, 0.3) is 0 Å². The number of benzene rings is 2. The second-order valence-corrected chi connectivity index (χ2v) is 6.82. The zero-order valence-corrected chi connectivity index (χ0v) is 16.2. The van der Waals surface area contributed by atoms with E-state index in [0.29, 0.717) is 6.42 Å². The maximum atomic E-state index is 12.6. The van der Waals surface area contributed by atoms with Crippen LogP contribution in [0.1, 0.15) is 30.5 Å². The molecular weight excluding hydrogens is 354 g/mol. The van der Waals surface area contributed by atoms with E-state index in [4.69, 9.17) is 0 Å². The van der Waals surface area contributed by atoms with Crippen molar-refractivity contribution in [2.45, 2.75) is 39.2 Å². The summed E-state index contributed by atoms with van der Waals surface area (Å²) < 4.78 is 0. The molecule has 6 nitrogen and oxygen atoms in total. The number of rotatable bonds is 7. The quantitative estimate of drug-likeness (QED) is 0.726. The minimum atomic E-state index is -0.642. The molecule has 146 valence electrons. The second-order valence-electron chi connectivity index (χ2n) is 6.82. The maximum Gasteiger partial charge on any atom is 0.325 e. The number of nitrogens with zero attached hydrogens (tertiary/aromatic N) is 1. The minimum Gasteiger partial charge on any atom is -0.325 e. The summed E-state index contributed by atoms with van der Waals surface area (Å²) in [6.07, 6.45) is 1.97. The van der Waals surface area contributed by atoms with Crippen LogP contribution in [0, 0.1) is 0 Å². The number of para-hydroxylation sites is 1. The lowest BCUT2D eigenvalue weighted by atomic mass is 10.0. The van der Waals surface area contributed by atoms with E-state index in [9.17, 15) is 14.4 Å². The Labute approximate surface area is 164 Å². The molecule has 3 rings (SSSR count). The molecule has 2 N–H and O–H groups in total. The van der Waals surface area contributed by atoms with Crippen molar-refractivity contribution in [3.63, 3.8) is 0 Å². The second kappa shape index (κ2) is 8.69. The summed E-state index contributed by atoms with van der Waals surface area (Å²) in [5, 5.41) is 5.57. The first kappa shape index (κ1) is 19.6. The van der Waals surface area contributed by atoms with E-state index in [1.807, 2.05) is 62.4 Å². The van der Waals surface area contributed by atoms with E-state index in [2.05, 4.69) is 10.6 Å². The summed E-state index contributed by atoms with van der Waals surface area (Å²) >= 11 is 0. The summed E-state index contributed by atoms with van der Waals surface area (Å²) in [6, 6.07) is 14.2. The fourth-order valence-corrected chi connectivity index (χ4v) is 3.44. The number of anilines is 1. The molecule has 1 saturated heterocycles. The van der Waals surface area contributed by atoms with Crippen LogP contribution in [0.4, 0.5) is 10.5 Å². The highest BCUT2D eigenvalue weighted by Gasteiger charge is 2.38. The van der Waals surface area contributed by atoms with Gasteiger partial charge in [0.1, 0.15) is 12.6 Å². The van der Waals surface area contributed by atoms with E-state index in [0.717, 1.165) is 40.1 Å². The molecule has 1 heterocycles. The van der Waals surface area contributed by atoms with Gasteiger partial charge in [-0.15, -0.1) is 0 Å². The third-order valence-corrected chi connectivity index (χ3v) is 4.95. The fraction of sp³-hybridized carbons (Fsp3) is 0.318. The molecule has 1 fully saturated rings. The Morgan fingerprint density at radius 3 is 2.25 bits per heavy atom. The van der Waals surface area contributed by atoms with E-state index in [1.165, 1.54) is 0 Å². The Morgan fingerprint density at radius 2 is 1.64 bits per heavy atom. The van der Waals surface area contributed by atoms with E-state index >= 15 is 0 Å². The van der Waals surface area contributed by atoms with Gasteiger partial charge in [-0.25, -0.2) is 4.79 Å². The summed E-state index contributed by atoms with van der Waals surface area (Å²) in [5.41, 5.74) is 3.81. The van der Waals surface area contributed by atoms with Crippen LogP contribution in [-0.2, 0) is 28.9 Å². The molecule has 0 radical (unpaired) electrons. The van der Waals surface area contributed by atoms with Gasteiger partial charge in [-0.1, -0.05) is 62.4 Å². The molecular formula is C22H25N3O3. The van der Waals surface area contributed by atoms with Crippen LogP contribution < -0.4 is 10.6 Å². The van der Waals surface area contributed by atoms with Crippen LogP contribution >= 0.6 is 0 Å². The first-order valence-corrected chi connectivity index (χ1v) is 9.59. The van der Waals surface area contributed by atoms with Gasteiger partial charge in [0.15, 0.2) is 0 Å². The lowest BCUT2D eigenvalue weighted by Crippen LogP contribution is -2.38. The van der Waals surface area contributed by atoms with Crippen LogP contribution in [0.2, 0.25) is 0 Å². The molecule has 6 heteroatoms. The molecule has 1 aliphatic heterocycles. The number of carbonyl (C=O) groups is 3. The molecule has 2 aromatic carbocycles. The Balaban J connectivity index is 1.67. The van der Waals surface area contributed by atoms with Crippen molar-refractivity contribution < 1.29 is 14.4 Å². The standard InChI is InChI=1S/C22H25N3O3/c1-3-16-11-8-12-17(4-2)20(16)24-19(26)14-25-21(27)18(23-22(25)28)13-15-9-6-5-7-10-15/h5-12,18H,3-4,13-14H2,1-2H3,(H,23,28)(H,24,26)/t18-/m1/s1. The Morgan fingerprint density at radius 1 is 1.00 bits per heavy atom. The van der Waals surface area contributed by atoms with Crippen molar-refractivity contribution in [3.05, 3.63) is 65.2 Å². The van der Waals surface area contributed by atoms with Gasteiger partial charge >= 0.3 is 6.03 Å². The van der Waals surface area contributed by atoms with E-state index in [-0.39, 0.29) is 18.4 Å². The highest BCUT2D eigenvalue weighted by Crippen LogP contribution is 2.23. The predicted molar refractivity (Wildman–Crippen MR) is 108 cm³/mol. The van der Waals surface area contributed by atoms with Crippen molar-refractivity contribution >= 4 is 23.5 Å². The molecule has 0 unspecified atom stereocenters. The average Bonchev–Trinajstić information content (AvgIpc) is 2.96. The number of hydrogen-bond donors (Lipinski definition) is 2. The molecule has 28 heavy (non-hydrogen) atoms. The van der Waals surface area contributed by atoms with Crippen molar-refractivity contribution in [3.8, 4) is 0 Å². The number of urea groups is 1. The molecule has 4 amide bonds. The minimum absolute atomic E-state index is 0.294. The van der Waals surface area contributed by atoms with Gasteiger partial charge in [0.05, 0.1) is 0 Å². The Bertz CT molecular complexity index is 858. The zero-order chi connectivity index (χ0) is 20.1. The highest BCUT2D eigenvalue weighted by atomic mass is 16.2. The number of nitrogens with one attached hydrogen (secondary N) is 2. The number of imide groups is 1. The maximum absolute atomic E-state index is 12.6. The van der Waals surface area contributed by atoms with Gasteiger partial charge in [-0.3, -0.25) is 14.5 Å². The number of aryl methyl sites for hydroxylation is 2. The van der Waals surface area contributed by atoms with Gasteiger partial charge in [0, 0.05) is 12.1 Å². The van der Waals surface area contributed by atoms with E-state index < -0.39 is 12.1 Å². The summed E-state index contributed by atoms with van der Waals surface area (Å²) in [5.74, 6) is -0.747. The fourth-order valence-electron chi connectivity index (χ4n) is 3.44. The largest absolute Gasteiger partial charge is 0.325 e. The van der Waals surface area contributed by atoms with Crippen LogP contribution in [0.3, 0.4) is 0 Å². The van der Waals surface area contributed by atoms with Crippen molar-refractivity contribution in [1.29, 1.82) is 0 Å². The third kappa shape index (κ3) is 4.22. The third-order valence-electron chi connectivity index (χ3n) is 4.95. The molecule has 1 aliphatic rings. The normalized spacial score (nSPS) is 16.2. The first-order chi connectivity index (χ1) is 13.5. The topological polar surface area (TPSA) is 78.5 Å². The first-order valence-electron chi connectivity index (χ1n) is 9.59. The Hall–Kier alpha value is -3.15. The molecule has 0 aliphatic carbocycles. The van der Waals surface area contributed by atoms with Gasteiger partial charge < -0.3 is 10.6 Å². The molecule has 0 aromatic heterocycles. The summed E-state index contributed by atoms with van der Waals surface area (Å²) in [4.78, 5) is 38.4. The van der Waals surface area contributed by atoms with Gasteiger partial charge in [0.25, 0.3) is 5.91 Å². The predicted octanol–water partition coefficient (Wildman–Crippen LogP) is 2.91. The summed E-state index contributed by atoms with van der Waals surface area (Å²) in [6.45, 7) is 3.75. The molecule has 1 atom stereocenters. The van der Waals surface area contributed by atoms with E-state index in [1.54, 1.807) is 0 Å². The van der Waals surface area contributed by atoms with Crippen LogP contribution in [0.15, 0.2) is 48.5 Å². The van der Waals surface area contributed by atoms with Crippen molar-refractivity contribution in [1.82, 2.24) is 10.2 Å². The number of carbonyl (C=O) groups excluding carboxylic acids is 3. The van der Waals surface area contributed by atoms with Crippen molar-refractivity contribution in [2.75, 3.05) is 11.9 Å². The Kier molecular flexibility index (Phi) is 6.09. The van der Waals surface area contributed by atoms with Gasteiger partial charge in [-0.05, 0) is 29.5 Å². The SMILES string of the molecule is CCc1cccc(CC)c1NC(=O)CN1C(=O)N[C@H](Cc2ccccc2)C1=O. The van der Waals surface area contributed by atoms with Gasteiger partial charge in [0.2, 0.25) is 5.91 Å². The molecule has 0 bridgehead atoms. The molecule has 2 aromatic rings. The molecule has 0 saturated carbocycles. The molecule has 0 spiro atoms. The number of hydrogen-bond acceptors (Lipinski definition) is 3. The van der Waals surface area contributed by atoms with Crippen LogP contribution in [-0.4, -0.2) is 35.3 Å². The average molecular weight is 379 g/mol. The zero-order valence-electron chi connectivity index (χ0n) is 16.2. The summed E-state index contributed by atoms with van der Waals surface area (Å²) in [7, 11) is 0. The van der Waals surface area contributed by atoms with Crippen molar-refractivity contribution in [2.24, 2.45) is 0 Å². The van der Waals surface area contributed by atoms with Crippen LogP contribution in [0.5, 0.6) is 0 Å². The van der Waals surface area contributed by atoms with Gasteiger partial charge in [-0.2, -0.15) is 0 Å². The lowest BCUT2D eigenvalue weighted by molar-refractivity contribution is -0.130. The smallest absolute Gasteiger partial charge is 0.325 e. The lowest BCUT2D eigenvalue weighted by Gasteiger charge is -2.17. The number of amides is 4. The highest BCUT2D eigenvalue weighted by molar-refractivity contribution is 6.08. The monoisotopic (exact) mass is 379 g/mol.